The van der Waals surface area contributed by atoms with Gasteiger partial charge in [0, 0.05) is 17.5 Å². The molecule has 0 radical (unpaired) electrons. The van der Waals surface area contributed by atoms with Gasteiger partial charge in [0.05, 0.1) is 0 Å². The highest BCUT2D eigenvalue weighted by Crippen LogP contribution is 2.23. The first-order valence-electron chi connectivity index (χ1n) is 3.78. The fourth-order valence-electron chi connectivity index (χ4n) is 1.05. The zero-order chi connectivity index (χ0) is 9.26. The molecule has 0 aliphatic carbocycles. The lowest BCUT2D eigenvalue weighted by Gasteiger charge is -1.97. The monoisotopic (exact) mass is 192 g/mol. The number of nitrogen functional groups attached to an aromatic ring is 1. The molecule has 2 aromatic rings. The highest BCUT2D eigenvalue weighted by molar-refractivity contribution is 7.09. The predicted octanol–water partition coefficient (Wildman–Crippen LogP) is 1.49. The van der Waals surface area contributed by atoms with Gasteiger partial charge in [-0.25, -0.2) is 0 Å². The number of hydrogen-bond donors (Lipinski definition) is 1. The van der Waals surface area contributed by atoms with Crippen molar-refractivity contribution in [2.45, 2.75) is 6.92 Å². The van der Waals surface area contributed by atoms with E-state index >= 15 is 0 Å². The van der Waals surface area contributed by atoms with Crippen LogP contribution in [0.2, 0.25) is 0 Å². The van der Waals surface area contributed by atoms with Crippen molar-refractivity contribution in [3.05, 3.63) is 24.0 Å². The number of nitrogens with two attached hydrogens (primary N) is 1. The topological polar surface area (TPSA) is 64.7 Å². The Balaban J connectivity index is 2.52. The quantitative estimate of drug-likeness (QED) is 0.743. The summed E-state index contributed by atoms with van der Waals surface area (Å²) in [5.41, 5.74) is 7.37. The van der Waals surface area contributed by atoms with Crippen LogP contribution < -0.4 is 5.73 Å². The third kappa shape index (κ3) is 1.50. The van der Waals surface area contributed by atoms with Crippen molar-refractivity contribution in [1.82, 2.24) is 14.3 Å². The molecular weight excluding hydrogens is 184 g/mol. The Morgan fingerprint density at radius 3 is 2.92 bits per heavy atom. The van der Waals surface area contributed by atoms with E-state index in [2.05, 4.69) is 14.3 Å². The van der Waals surface area contributed by atoms with Crippen LogP contribution >= 0.6 is 11.5 Å². The van der Waals surface area contributed by atoms with Gasteiger partial charge < -0.3 is 5.73 Å². The molecule has 4 nitrogen and oxygen atoms in total. The molecule has 0 fully saturated rings. The molecule has 2 heterocycles. The second kappa shape index (κ2) is 3.10. The molecule has 0 amide bonds. The molecule has 66 valence electrons. The van der Waals surface area contributed by atoms with Crippen LogP contribution in [0.3, 0.4) is 0 Å². The van der Waals surface area contributed by atoms with E-state index < -0.39 is 0 Å². The van der Waals surface area contributed by atoms with Crippen LogP contribution in [0.1, 0.15) is 5.69 Å². The van der Waals surface area contributed by atoms with Crippen LogP contribution in [0, 0.1) is 6.92 Å². The molecule has 0 bridgehead atoms. The van der Waals surface area contributed by atoms with Crippen molar-refractivity contribution in [3.8, 4) is 10.6 Å². The fraction of sp³-hybridized carbons (Fsp3) is 0.125. The maximum atomic E-state index is 5.43. The van der Waals surface area contributed by atoms with Gasteiger partial charge in [0.1, 0.15) is 5.01 Å². The molecule has 5 heteroatoms. The lowest BCUT2D eigenvalue weighted by Crippen LogP contribution is -1.88. The van der Waals surface area contributed by atoms with E-state index in [-0.39, 0.29) is 0 Å². The normalized spacial score (nSPS) is 10.2. The highest BCUT2D eigenvalue weighted by atomic mass is 32.1. The summed E-state index contributed by atoms with van der Waals surface area (Å²) in [7, 11) is 0. The average molecular weight is 192 g/mol. The summed E-state index contributed by atoms with van der Waals surface area (Å²) < 4.78 is 3.91. The number of nitrogens with zero attached hydrogens (tertiary/aromatic N) is 3. The van der Waals surface area contributed by atoms with Crippen LogP contribution in [0.25, 0.3) is 10.6 Å². The Bertz CT molecular complexity index is 424. The largest absolute Gasteiger partial charge is 0.367 e. The summed E-state index contributed by atoms with van der Waals surface area (Å²) in [6.07, 6.45) is 1.75. The van der Waals surface area contributed by atoms with Gasteiger partial charge in [0.25, 0.3) is 0 Å². The number of aromatic nitrogens is 3. The number of hydrogen-bond acceptors (Lipinski definition) is 5. The average Bonchev–Trinajstić information content (AvgIpc) is 2.53. The Morgan fingerprint density at radius 1 is 1.46 bits per heavy atom. The van der Waals surface area contributed by atoms with Gasteiger partial charge in [-0.3, -0.25) is 4.98 Å². The third-order valence-electron chi connectivity index (χ3n) is 1.68. The minimum Gasteiger partial charge on any atom is -0.367 e. The van der Waals surface area contributed by atoms with Gasteiger partial charge in [-0.1, -0.05) is 0 Å². The van der Waals surface area contributed by atoms with E-state index in [1.165, 1.54) is 11.5 Å². The fourth-order valence-corrected chi connectivity index (χ4v) is 1.72. The summed E-state index contributed by atoms with van der Waals surface area (Å²) in [6.45, 7) is 1.94. The molecular formula is C8H8N4S. The Kier molecular flexibility index (Phi) is 1.94. The first-order valence-corrected chi connectivity index (χ1v) is 4.56. The van der Waals surface area contributed by atoms with Crippen molar-refractivity contribution in [2.75, 3.05) is 5.73 Å². The molecule has 2 N–H and O–H groups in total. The van der Waals surface area contributed by atoms with Crippen LogP contribution in [0.15, 0.2) is 18.3 Å². The van der Waals surface area contributed by atoms with Crippen LogP contribution in [0.4, 0.5) is 5.95 Å². The molecule has 2 aromatic heterocycles. The van der Waals surface area contributed by atoms with Crippen molar-refractivity contribution in [2.24, 2.45) is 0 Å². The first-order chi connectivity index (χ1) is 6.27. The summed E-state index contributed by atoms with van der Waals surface area (Å²) >= 11 is 1.29. The lowest BCUT2D eigenvalue weighted by molar-refractivity contribution is 1.20. The zero-order valence-corrected chi connectivity index (χ0v) is 7.88. The van der Waals surface area contributed by atoms with Crippen molar-refractivity contribution < 1.29 is 0 Å². The molecule has 0 aromatic carbocycles. The molecule has 0 spiro atoms. The summed E-state index contributed by atoms with van der Waals surface area (Å²) in [6, 6.07) is 3.84. The van der Waals surface area contributed by atoms with Crippen LogP contribution in [0.5, 0.6) is 0 Å². The van der Waals surface area contributed by atoms with E-state index in [9.17, 15) is 0 Å². The summed E-state index contributed by atoms with van der Waals surface area (Å²) in [4.78, 5) is 8.25. The Labute approximate surface area is 79.6 Å². The molecule has 0 aliphatic heterocycles. The first kappa shape index (κ1) is 8.12. The van der Waals surface area contributed by atoms with Crippen molar-refractivity contribution in [1.29, 1.82) is 0 Å². The molecule has 2 rings (SSSR count). The molecule has 0 atom stereocenters. The van der Waals surface area contributed by atoms with Crippen molar-refractivity contribution in [3.63, 3.8) is 0 Å². The van der Waals surface area contributed by atoms with Gasteiger partial charge >= 0.3 is 0 Å². The van der Waals surface area contributed by atoms with Crippen LogP contribution in [-0.4, -0.2) is 14.3 Å². The van der Waals surface area contributed by atoms with Crippen LogP contribution in [-0.2, 0) is 0 Å². The number of rotatable bonds is 1. The second-order valence-electron chi connectivity index (χ2n) is 2.59. The minimum atomic E-state index is 0.322. The summed E-state index contributed by atoms with van der Waals surface area (Å²) in [5.74, 6) is 0.322. The van der Waals surface area contributed by atoms with Gasteiger partial charge in [-0.2, -0.15) is 9.36 Å². The second-order valence-corrected chi connectivity index (χ2v) is 3.35. The smallest absolute Gasteiger partial charge is 0.232 e. The Hall–Kier alpha value is -1.49. The predicted molar refractivity (Wildman–Crippen MR) is 52.3 cm³/mol. The molecule has 0 unspecified atom stereocenters. The SMILES string of the molecule is Cc1ncccc1-c1nc(N)ns1. The van der Waals surface area contributed by atoms with Gasteiger partial charge in [0.2, 0.25) is 5.95 Å². The zero-order valence-electron chi connectivity index (χ0n) is 7.06. The molecule has 0 saturated carbocycles. The van der Waals surface area contributed by atoms with E-state index in [1.54, 1.807) is 6.20 Å². The lowest BCUT2D eigenvalue weighted by atomic mass is 10.2. The Morgan fingerprint density at radius 2 is 2.31 bits per heavy atom. The van der Waals surface area contributed by atoms with E-state index in [1.807, 2.05) is 19.1 Å². The third-order valence-corrected chi connectivity index (χ3v) is 2.44. The van der Waals surface area contributed by atoms with E-state index in [0.29, 0.717) is 5.95 Å². The van der Waals surface area contributed by atoms with E-state index in [0.717, 1.165) is 16.3 Å². The van der Waals surface area contributed by atoms with Crippen molar-refractivity contribution >= 4 is 17.5 Å². The minimum absolute atomic E-state index is 0.322. The van der Waals surface area contributed by atoms with Gasteiger partial charge in [0.15, 0.2) is 0 Å². The summed E-state index contributed by atoms with van der Waals surface area (Å²) in [5, 5.41) is 0.822. The molecule has 0 aliphatic rings. The van der Waals surface area contributed by atoms with E-state index in [4.69, 9.17) is 5.73 Å². The number of pyridine rings is 1. The van der Waals surface area contributed by atoms with Gasteiger partial charge in [-0.15, -0.1) is 0 Å². The number of aryl methyl sites for hydroxylation is 1. The molecule has 0 saturated heterocycles. The maximum absolute atomic E-state index is 5.43. The number of anilines is 1. The maximum Gasteiger partial charge on any atom is 0.232 e. The van der Waals surface area contributed by atoms with Gasteiger partial charge in [-0.05, 0) is 30.6 Å². The highest BCUT2D eigenvalue weighted by Gasteiger charge is 2.06. The standard InChI is InChI=1S/C8H8N4S/c1-5-6(3-2-4-10-5)7-11-8(9)12-13-7/h2-4H,1H3,(H2,9,12). The molecule has 13 heavy (non-hydrogen) atoms.